The first-order valence-electron chi connectivity index (χ1n) is 10.9. The molecule has 2 aromatic carbocycles. The van der Waals surface area contributed by atoms with E-state index in [2.05, 4.69) is 32.6 Å². The molecule has 0 aliphatic carbocycles. The molecule has 9 heteroatoms. The number of thioether (sulfide) groups is 1. The van der Waals surface area contributed by atoms with Gasteiger partial charge in [-0.3, -0.25) is 14.3 Å². The third-order valence-corrected chi connectivity index (χ3v) is 6.38. The highest BCUT2D eigenvalue weighted by Crippen LogP contribution is 2.33. The lowest BCUT2D eigenvalue weighted by Gasteiger charge is -2.19. The largest absolute Gasteiger partial charge is 0.486 e. The van der Waals surface area contributed by atoms with Gasteiger partial charge in [0, 0.05) is 29.7 Å². The molecule has 172 valence electrons. The molecule has 1 aliphatic heterocycles. The average molecular weight is 474 g/mol. The van der Waals surface area contributed by atoms with E-state index in [0.29, 0.717) is 42.1 Å². The van der Waals surface area contributed by atoms with Gasteiger partial charge in [0.15, 0.2) is 22.5 Å². The quantitative estimate of drug-likeness (QED) is 0.401. The highest BCUT2D eigenvalue weighted by atomic mass is 32.2. The minimum Gasteiger partial charge on any atom is -0.486 e. The summed E-state index contributed by atoms with van der Waals surface area (Å²) in [5, 5.41) is 12.1. The highest BCUT2D eigenvalue weighted by Gasteiger charge is 2.22. The Morgan fingerprint density at radius 1 is 1.03 bits per heavy atom. The van der Waals surface area contributed by atoms with E-state index < -0.39 is 5.25 Å². The van der Waals surface area contributed by atoms with Crippen molar-refractivity contribution in [3.8, 4) is 22.9 Å². The molecule has 8 nitrogen and oxygen atoms in total. The Labute approximate surface area is 201 Å². The van der Waals surface area contributed by atoms with Gasteiger partial charge in [-0.1, -0.05) is 42.1 Å². The summed E-state index contributed by atoms with van der Waals surface area (Å²) in [6, 6.07) is 19.3. The predicted molar refractivity (Wildman–Crippen MR) is 130 cm³/mol. The molecular formula is C25H23N5O3S. The van der Waals surface area contributed by atoms with Crippen molar-refractivity contribution in [3.05, 3.63) is 78.6 Å². The van der Waals surface area contributed by atoms with Crippen LogP contribution in [-0.2, 0) is 11.3 Å². The van der Waals surface area contributed by atoms with Crippen LogP contribution < -0.4 is 14.8 Å². The molecule has 1 N–H and O–H groups in total. The van der Waals surface area contributed by atoms with Crippen LogP contribution in [0.4, 0.5) is 5.69 Å². The Bertz CT molecular complexity index is 1280. The number of aromatic nitrogens is 4. The van der Waals surface area contributed by atoms with Gasteiger partial charge in [-0.2, -0.15) is 0 Å². The molecule has 0 fully saturated rings. The standard InChI is InChI=1S/C25H23N5O3S/c1-17(24(31)27-20-7-8-21-22(15-20)33-14-13-32-21)34-25-29-28-23(19-9-11-26-12-10-19)30(25)16-18-5-3-2-4-6-18/h2-12,15,17H,13-14,16H2,1H3,(H,27,31). The van der Waals surface area contributed by atoms with Crippen LogP contribution in [0, 0.1) is 0 Å². The van der Waals surface area contributed by atoms with Crippen LogP contribution >= 0.6 is 11.8 Å². The Morgan fingerprint density at radius 2 is 1.79 bits per heavy atom. The maximum absolute atomic E-state index is 13.0. The van der Waals surface area contributed by atoms with Crippen molar-refractivity contribution >= 4 is 23.4 Å². The van der Waals surface area contributed by atoms with Gasteiger partial charge in [0.05, 0.1) is 11.8 Å². The van der Waals surface area contributed by atoms with Gasteiger partial charge in [-0.25, -0.2) is 0 Å². The van der Waals surface area contributed by atoms with E-state index in [4.69, 9.17) is 9.47 Å². The summed E-state index contributed by atoms with van der Waals surface area (Å²) in [6.07, 6.45) is 3.46. The molecule has 3 heterocycles. The van der Waals surface area contributed by atoms with Gasteiger partial charge in [0.2, 0.25) is 5.91 Å². The van der Waals surface area contributed by atoms with E-state index in [1.807, 2.05) is 47.9 Å². The number of nitrogens with zero attached hydrogens (tertiary/aromatic N) is 4. The first kappa shape index (κ1) is 22.0. The van der Waals surface area contributed by atoms with Crippen molar-refractivity contribution in [1.82, 2.24) is 19.7 Å². The van der Waals surface area contributed by atoms with Gasteiger partial charge in [-0.05, 0) is 36.8 Å². The molecule has 2 aromatic heterocycles. The number of anilines is 1. The number of nitrogens with one attached hydrogen (secondary N) is 1. The predicted octanol–water partition coefficient (Wildman–Crippen LogP) is 4.28. The average Bonchev–Trinajstić information content (AvgIpc) is 3.26. The van der Waals surface area contributed by atoms with Gasteiger partial charge in [0.1, 0.15) is 13.2 Å². The van der Waals surface area contributed by atoms with Crippen molar-refractivity contribution < 1.29 is 14.3 Å². The third-order valence-electron chi connectivity index (χ3n) is 5.30. The van der Waals surface area contributed by atoms with Gasteiger partial charge >= 0.3 is 0 Å². The lowest BCUT2D eigenvalue weighted by molar-refractivity contribution is -0.115. The van der Waals surface area contributed by atoms with Crippen molar-refractivity contribution in [2.75, 3.05) is 18.5 Å². The fourth-order valence-corrected chi connectivity index (χ4v) is 4.42. The summed E-state index contributed by atoms with van der Waals surface area (Å²) in [6.45, 7) is 3.46. The van der Waals surface area contributed by atoms with Crippen LogP contribution in [-0.4, -0.2) is 44.1 Å². The van der Waals surface area contributed by atoms with Crippen LogP contribution in [0.25, 0.3) is 11.4 Å². The zero-order chi connectivity index (χ0) is 23.3. The molecule has 1 amide bonds. The number of ether oxygens (including phenoxy) is 2. The highest BCUT2D eigenvalue weighted by molar-refractivity contribution is 8.00. The Morgan fingerprint density at radius 3 is 2.59 bits per heavy atom. The smallest absolute Gasteiger partial charge is 0.237 e. The fourth-order valence-electron chi connectivity index (χ4n) is 3.58. The second-order valence-corrected chi connectivity index (χ2v) is 9.03. The molecule has 0 spiro atoms. The first-order chi connectivity index (χ1) is 16.7. The Balaban J connectivity index is 1.35. The molecule has 34 heavy (non-hydrogen) atoms. The van der Waals surface area contributed by atoms with Crippen molar-refractivity contribution in [3.63, 3.8) is 0 Å². The summed E-state index contributed by atoms with van der Waals surface area (Å²) in [4.78, 5) is 17.1. The monoisotopic (exact) mass is 473 g/mol. The number of hydrogen-bond acceptors (Lipinski definition) is 7. The Kier molecular flexibility index (Phi) is 6.44. The normalized spacial score (nSPS) is 13.3. The van der Waals surface area contributed by atoms with E-state index >= 15 is 0 Å². The summed E-state index contributed by atoms with van der Waals surface area (Å²) >= 11 is 1.37. The van der Waals surface area contributed by atoms with Crippen molar-refractivity contribution in [2.24, 2.45) is 0 Å². The van der Waals surface area contributed by atoms with E-state index in [1.54, 1.807) is 24.5 Å². The van der Waals surface area contributed by atoms with Crippen molar-refractivity contribution in [2.45, 2.75) is 23.9 Å². The molecule has 0 saturated carbocycles. The molecule has 0 saturated heterocycles. The van der Waals surface area contributed by atoms with Crippen molar-refractivity contribution in [1.29, 1.82) is 0 Å². The summed E-state index contributed by atoms with van der Waals surface area (Å²) in [7, 11) is 0. The summed E-state index contributed by atoms with van der Waals surface area (Å²) < 4.78 is 13.2. The van der Waals surface area contributed by atoms with E-state index in [-0.39, 0.29) is 5.91 Å². The lowest BCUT2D eigenvalue weighted by atomic mass is 10.2. The SMILES string of the molecule is CC(Sc1nnc(-c2ccncc2)n1Cc1ccccc1)C(=O)Nc1ccc2c(c1)OCCO2. The first-order valence-corrected chi connectivity index (χ1v) is 11.8. The molecule has 1 unspecified atom stereocenters. The van der Waals surface area contributed by atoms with E-state index in [0.717, 1.165) is 17.0 Å². The number of carbonyl (C=O) groups excluding carboxylic acids is 1. The summed E-state index contributed by atoms with van der Waals surface area (Å²) in [5.74, 6) is 1.91. The third kappa shape index (κ3) is 4.89. The van der Waals surface area contributed by atoms with Crippen LogP contribution in [0.5, 0.6) is 11.5 Å². The number of hydrogen-bond donors (Lipinski definition) is 1. The van der Waals surface area contributed by atoms with Gasteiger partial charge < -0.3 is 14.8 Å². The molecule has 1 atom stereocenters. The topological polar surface area (TPSA) is 91.2 Å². The molecule has 4 aromatic rings. The zero-order valence-electron chi connectivity index (χ0n) is 18.5. The lowest BCUT2D eigenvalue weighted by Crippen LogP contribution is -2.23. The molecular weight excluding hydrogens is 450 g/mol. The number of amides is 1. The number of carbonyl (C=O) groups is 1. The summed E-state index contributed by atoms with van der Waals surface area (Å²) in [5.41, 5.74) is 2.69. The minimum absolute atomic E-state index is 0.138. The number of fused-ring (bicyclic) bond motifs is 1. The second kappa shape index (κ2) is 9.96. The fraction of sp³-hybridized carbons (Fsp3) is 0.200. The van der Waals surface area contributed by atoms with Crippen LogP contribution in [0.15, 0.2) is 78.2 Å². The van der Waals surface area contributed by atoms with Crippen LogP contribution in [0.2, 0.25) is 0 Å². The Hall–Kier alpha value is -3.85. The van der Waals surface area contributed by atoms with Crippen LogP contribution in [0.3, 0.4) is 0 Å². The van der Waals surface area contributed by atoms with Crippen LogP contribution in [0.1, 0.15) is 12.5 Å². The number of benzene rings is 2. The van der Waals surface area contributed by atoms with Gasteiger partial charge in [0.25, 0.3) is 0 Å². The molecule has 1 aliphatic rings. The van der Waals surface area contributed by atoms with E-state index in [9.17, 15) is 4.79 Å². The maximum Gasteiger partial charge on any atom is 0.237 e. The molecule has 0 radical (unpaired) electrons. The minimum atomic E-state index is -0.405. The van der Waals surface area contributed by atoms with E-state index in [1.165, 1.54) is 11.8 Å². The van der Waals surface area contributed by atoms with Gasteiger partial charge in [-0.15, -0.1) is 10.2 Å². The molecule has 5 rings (SSSR count). The maximum atomic E-state index is 13.0. The number of pyridine rings is 1. The zero-order valence-corrected chi connectivity index (χ0v) is 19.4. The second-order valence-electron chi connectivity index (χ2n) is 7.72. The molecule has 0 bridgehead atoms. The number of rotatable bonds is 7.